The van der Waals surface area contributed by atoms with E-state index in [-0.39, 0.29) is 35.3 Å². The number of nitrogens with zero attached hydrogens (tertiary/aromatic N) is 1. The average molecular weight is 489 g/mol. The van der Waals surface area contributed by atoms with E-state index in [2.05, 4.69) is 23.1 Å². The Labute approximate surface area is 193 Å². The second-order valence-corrected chi connectivity index (χ2v) is 7.89. The maximum absolute atomic E-state index is 12.4. The number of para-hydroxylation sites is 1. The molecule has 166 valence electrons. The Balaban J connectivity index is 0.00000341. The van der Waals surface area contributed by atoms with Crippen LogP contribution < -0.4 is 37.7 Å². The monoisotopic (exact) mass is 488 g/mol. The van der Waals surface area contributed by atoms with Gasteiger partial charge in [0.15, 0.2) is 12.4 Å². The molecule has 1 heterocycles. The van der Waals surface area contributed by atoms with E-state index in [9.17, 15) is 14.4 Å². The van der Waals surface area contributed by atoms with E-state index in [0.29, 0.717) is 42.6 Å². The summed E-state index contributed by atoms with van der Waals surface area (Å²) >= 11 is 0. The Morgan fingerprint density at radius 2 is 1.94 bits per heavy atom. The summed E-state index contributed by atoms with van der Waals surface area (Å²) in [6.07, 6.45) is 6.75. The molecule has 0 radical (unpaired) electrons. The number of nitrogens with one attached hydrogen (secondary N) is 3. The fraction of sp³-hybridized carbons (Fsp3) is 0.391. The molecule has 8 heteroatoms. The van der Waals surface area contributed by atoms with Gasteiger partial charge >= 0.3 is 0 Å². The SMILES string of the molecule is CC(CNNC(=O)c1ccc[n+](CC(=O)Nc2ccccc2)c1)C1CCCC(=O)C1.[Br-]. The highest BCUT2D eigenvalue weighted by atomic mass is 79.9. The summed E-state index contributed by atoms with van der Waals surface area (Å²) in [7, 11) is 0. The van der Waals surface area contributed by atoms with Crippen LogP contribution in [0.25, 0.3) is 0 Å². The lowest BCUT2D eigenvalue weighted by Gasteiger charge is -2.27. The first-order valence-electron chi connectivity index (χ1n) is 10.4. The molecule has 1 aromatic carbocycles. The zero-order valence-corrected chi connectivity index (χ0v) is 19.2. The summed E-state index contributed by atoms with van der Waals surface area (Å²) in [5, 5.41) is 2.82. The molecule has 1 fully saturated rings. The van der Waals surface area contributed by atoms with Gasteiger partial charge in [-0.1, -0.05) is 25.1 Å². The molecule has 0 spiro atoms. The zero-order valence-electron chi connectivity index (χ0n) is 17.6. The molecule has 1 aliphatic carbocycles. The van der Waals surface area contributed by atoms with Crippen molar-refractivity contribution in [1.82, 2.24) is 10.9 Å². The number of halogens is 1. The molecule has 2 aromatic rings. The molecule has 0 bridgehead atoms. The normalized spacial score (nSPS) is 16.7. The Kier molecular flexibility index (Phi) is 9.81. The zero-order chi connectivity index (χ0) is 21.3. The molecule has 0 aliphatic heterocycles. The average Bonchev–Trinajstić information content (AvgIpc) is 2.74. The molecule has 0 saturated heterocycles. The summed E-state index contributed by atoms with van der Waals surface area (Å²) in [5.74, 6) is 0.583. The van der Waals surface area contributed by atoms with E-state index in [0.717, 1.165) is 18.5 Å². The van der Waals surface area contributed by atoms with Gasteiger partial charge in [-0.05, 0) is 42.9 Å². The number of aromatic nitrogens is 1. The number of pyridine rings is 1. The van der Waals surface area contributed by atoms with Gasteiger partial charge in [0.2, 0.25) is 6.54 Å². The molecule has 7 nitrogen and oxygen atoms in total. The summed E-state index contributed by atoms with van der Waals surface area (Å²) in [6, 6.07) is 12.7. The molecular formula is C23H29BrN4O3. The summed E-state index contributed by atoms with van der Waals surface area (Å²) in [5.41, 5.74) is 6.89. The van der Waals surface area contributed by atoms with Gasteiger partial charge in [-0.15, -0.1) is 0 Å². The number of ketones is 1. The first-order valence-corrected chi connectivity index (χ1v) is 10.4. The van der Waals surface area contributed by atoms with Crippen molar-refractivity contribution in [3.63, 3.8) is 0 Å². The van der Waals surface area contributed by atoms with E-state index in [1.54, 1.807) is 29.1 Å². The van der Waals surface area contributed by atoms with Crippen LogP contribution in [0.15, 0.2) is 54.9 Å². The molecule has 1 aromatic heterocycles. The number of hydrogen-bond donors (Lipinski definition) is 3. The lowest BCUT2D eigenvalue weighted by molar-refractivity contribution is -0.684. The van der Waals surface area contributed by atoms with E-state index < -0.39 is 0 Å². The van der Waals surface area contributed by atoms with Gasteiger partial charge < -0.3 is 22.3 Å². The van der Waals surface area contributed by atoms with Crippen LogP contribution >= 0.6 is 0 Å². The Bertz CT molecular complexity index is 891. The highest BCUT2D eigenvalue weighted by Gasteiger charge is 2.24. The van der Waals surface area contributed by atoms with Crippen molar-refractivity contribution in [3.05, 3.63) is 60.4 Å². The summed E-state index contributed by atoms with van der Waals surface area (Å²) < 4.78 is 1.67. The topological polar surface area (TPSA) is 91.2 Å². The Hall–Kier alpha value is -2.58. The van der Waals surface area contributed by atoms with Crippen LogP contribution in [0.2, 0.25) is 0 Å². The maximum Gasteiger partial charge on any atom is 0.290 e. The van der Waals surface area contributed by atoms with Gasteiger partial charge in [0, 0.05) is 31.1 Å². The molecule has 2 atom stereocenters. The van der Waals surface area contributed by atoms with E-state index in [1.165, 1.54) is 0 Å². The fourth-order valence-electron chi connectivity index (χ4n) is 3.72. The number of carbonyl (C=O) groups is 3. The number of amides is 2. The molecule has 31 heavy (non-hydrogen) atoms. The van der Waals surface area contributed by atoms with Crippen LogP contribution in [0.1, 0.15) is 43.0 Å². The number of anilines is 1. The van der Waals surface area contributed by atoms with Crippen LogP contribution in [-0.4, -0.2) is 24.1 Å². The Morgan fingerprint density at radius 1 is 1.16 bits per heavy atom. The largest absolute Gasteiger partial charge is 1.00 e. The minimum absolute atomic E-state index is 0. The standard InChI is InChI=1S/C23H28N4O3.BrH/c1-17(18-7-5-11-21(28)13-18)14-24-26-23(30)19-8-6-12-27(15-19)16-22(29)25-20-9-3-2-4-10-20;/h2-4,6,8-10,12,15,17-18,24H,5,7,11,13-14,16H2,1H3,(H-,25,26,29,30);1H. The van der Waals surface area contributed by atoms with Gasteiger partial charge in [0.05, 0.1) is 0 Å². The van der Waals surface area contributed by atoms with E-state index in [1.807, 2.05) is 30.3 Å². The maximum atomic E-state index is 12.4. The number of benzene rings is 1. The van der Waals surface area contributed by atoms with Crippen LogP contribution in [0.4, 0.5) is 5.69 Å². The number of rotatable bonds is 8. The van der Waals surface area contributed by atoms with Crippen molar-refractivity contribution in [1.29, 1.82) is 0 Å². The predicted molar refractivity (Wildman–Crippen MR) is 113 cm³/mol. The van der Waals surface area contributed by atoms with Crippen LogP contribution in [0.5, 0.6) is 0 Å². The van der Waals surface area contributed by atoms with Gasteiger partial charge in [-0.3, -0.25) is 19.8 Å². The third-order valence-electron chi connectivity index (χ3n) is 5.46. The summed E-state index contributed by atoms with van der Waals surface area (Å²) in [4.78, 5) is 36.3. The molecular weight excluding hydrogens is 460 g/mol. The second kappa shape index (κ2) is 12.3. The second-order valence-electron chi connectivity index (χ2n) is 7.89. The highest BCUT2D eigenvalue weighted by molar-refractivity contribution is 5.93. The van der Waals surface area contributed by atoms with Gasteiger partial charge in [0.1, 0.15) is 11.3 Å². The molecule has 3 N–H and O–H groups in total. The number of hydrazine groups is 1. The predicted octanol–water partition coefficient (Wildman–Crippen LogP) is -0.753. The lowest BCUT2D eigenvalue weighted by Crippen LogP contribution is -3.00. The number of hydrogen-bond acceptors (Lipinski definition) is 4. The quantitative estimate of drug-likeness (QED) is 0.336. The summed E-state index contributed by atoms with van der Waals surface area (Å²) in [6.45, 7) is 2.82. The minimum atomic E-state index is -0.264. The van der Waals surface area contributed by atoms with Crippen molar-refractivity contribution < 1.29 is 35.9 Å². The molecule has 3 rings (SSSR count). The van der Waals surface area contributed by atoms with E-state index in [4.69, 9.17) is 0 Å². The van der Waals surface area contributed by atoms with E-state index >= 15 is 0 Å². The third-order valence-corrected chi connectivity index (χ3v) is 5.46. The Morgan fingerprint density at radius 3 is 2.68 bits per heavy atom. The van der Waals surface area contributed by atoms with Crippen LogP contribution in [-0.2, 0) is 16.1 Å². The van der Waals surface area contributed by atoms with Gasteiger partial charge in [-0.25, -0.2) is 5.43 Å². The number of carbonyl (C=O) groups excluding carboxylic acids is 3. The smallest absolute Gasteiger partial charge is 0.290 e. The van der Waals surface area contributed by atoms with Gasteiger partial charge in [-0.2, -0.15) is 4.57 Å². The van der Waals surface area contributed by atoms with Gasteiger partial charge in [0.25, 0.3) is 11.8 Å². The van der Waals surface area contributed by atoms with Crippen molar-refractivity contribution in [2.75, 3.05) is 11.9 Å². The van der Waals surface area contributed by atoms with Crippen molar-refractivity contribution in [3.8, 4) is 0 Å². The lowest BCUT2D eigenvalue weighted by atomic mass is 9.80. The number of Topliss-reactive ketones (excluding diaryl/α,β-unsaturated/α-hetero) is 1. The molecule has 2 unspecified atom stereocenters. The first kappa shape index (κ1) is 24.7. The molecule has 1 saturated carbocycles. The van der Waals surface area contributed by atoms with Crippen LogP contribution in [0.3, 0.4) is 0 Å². The molecule has 2 amide bonds. The highest BCUT2D eigenvalue weighted by Crippen LogP contribution is 2.27. The third kappa shape index (κ3) is 7.88. The van der Waals surface area contributed by atoms with Crippen molar-refractivity contribution >= 4 is 23.3 Å². The fourth-order valence-corrected chi connectivity index (χ4v) is 3.72. The van der Waals surface area contributed by atoms with Crippen molar-refractivity contribution in [2.45, 2.75) is 39.2 Å². The molecule has 1 aliphatic rings. The van der Waals surface area contributed by atoms with Crippen LogP contribution in [0, 0.1) is 11.8 Å². The first-order chi connectivity index (χ1) is 14.5. The van der Waals surface area contributed by atoms with Crippen molar-refractivity contribution in [2.24, 2.45) is 11.8 Å². The minimum Gasteiger partial charge on any atom is -1.00 e.